The van der Waals surface area contributed by atoms with Gasteiger partial charge in [0.25, 0.3) is 0 Å². The van der Waals surface area contributed by atoms with E-state index in [0.29, 0.717) is 24.3 Å². The van der Waals surface area contributed by atoms with Gasteiger partial charge in [0, 0.05) is 37.7 Å². The summed E-state index contributed by atoms with van der Waals surface area (Å²) in [6, 6.07) is 2.38. The van der Waals surface area contributed by atoms with E-state index in [2.05, 4.69) is 0 Å². The van der Waals surface area contributed by atoms with Crippen LogP contribution in [-0.2, 0) is 4.79 Å². The van der Waals surface area contributed by atoms with E-state index in [0.717, 1.165) is 4.90 Å². The van der Waals surface area contributed by atoms with E-state index < -0.39 is 55.9 Å². The highest BCUT2D eigenvalue weighted by Gasteiger charge is 2.65. The maximum Gasteiger partial charge on any atom is 0.310 e. The number of nitrogens with zero attached hydrogens (tertiary/aromatic N) is 1. The van der Waals surface area contributed by atoms with Crippen molar-refractivity contribution in [1.29, 1.82) is 0 Å². The molecule has 0 aromatic heterocycles. The minimum atomic E-state index is -9.93. The number of benzene rings is 2. The number of carbonyl (C=O) groups excluding carboxylic acids is 1. The number of hydrogen-bond donors (Lipinski definition) is 0. The molecule has 0 heterocycles. The van der Waals surface area contributed by atoms with Gasteiger partial charge in [-0.05, 0) is 17.7 Å². The number of hydrogen-bond acceptors (Lipinski definition) is 1. The molecule has 2 aromatic carbocycles. The molecule has 2 nitrogen and oxygen atoms in total. The number of rotatable bonds is 5. The Bertz CT molecular complexity index is 918. The van der Waals surface area contributed by atoms with Crippen LogP contribution in [0.15, 0.2) is 41.3 Å². The first-order valence-electron chi connectivity index (χ1n) is 8.12. The van der Waals surface area contributed by atoms with E-state index in [1.807, 2.05) is 0 Å². The second kappa shape index (κ2) is 6.61. The summed E-state index contributed by atoms with van der Waals surface area (Å²) in [6.07, 6.45) is 0. The summed E-state index contributed by atoms with van der Waals surface area (Å²) in [5.41, 5.74) is -0.812. The molecule has 1 amide bonds. The minimum absolute atomic E-state index is 0.122. The third-order valence-corrected chi connectivity index (χ3v) is 5.55. The normalized spacial score (nSPS) is 16.5. The number of amides is 1. The van der Waals surface area contributed by atoms with Crippen molar-refractivity contribution in [2.45, 2.75) is 23.7 Å². The predicted molar refractivity (Wildman–Crippen MR) is 94.0 cm³/mol. The molecule has 0 spiro atoms. The molecule has 162 valence electrons. The summed E-state index contributed by atoms with van der Waals surface area (Å²) >= 11 is 0. The summed E-state index contributed by atoms with van der Waals surface area (Å²) in [5, 5.41) is 0. The van der Waals surface area contributed by atoms with E-state index in [9.17, 15) is 37.4 Å². The van der Waals surface area contributed by atoms with Gasteiger partial charge in [0.1, 0.15) is 22.3 Å². The Morgan fingerprint density at radius 3 is 1.72 bits per heavy atom. The van der Waals surface area contributed by atoms with Crippen LogP contribution in [0, 0.1) is 17.5 Å². The fraction of sp³-hybridized carbons (Fsp3) is 0.278. The maximum absolute atomic E-state index is 14.2. The molecule has 0 aliphatic heterocycles. The summed E-state index contributed by atoms with van der Waals surface area (Å²) in [5.74, 6) is -7.18. The zero-order valence-electron chi connectivity index (χ0n) is 15.4. The quantitative estimate of drug-likeness (QED) is 0.465. The van der Waals surface area contributed by atoms with Crippen LogP contribution in [0.3, 0.4) is 0 Å². The predicted octanol–water partition coefficient (Wildman–Crippen LogP) is 6.74. The van der Waals surface area contributed by atoms with Crippen LogP contribution in [0.5, 0.6) is 0 Å². The van der Waals surface area contributed by atoms with Gasteiger partial charge >= 0.3 is 10.2 Å². The molecule has 0 bridgehead atoms. The minimum Gasteiger partial charge on any atom is -0.348 e. The Morgan fingerprint density at radius 2 is 1.34 bits per heavy atom. The van der Waals surface area contributed by atoms with Crippen molar-refractivity contribution < 1.29 is 37.4 Å². The molecule has 0 aliphatic carbocycles. The van der Waals surface area contributed by atoms with Crippen molar-refractivity contribution in [3.63, 3.8) is 0 Å². The number of halogens is 8. The summed E-state index contributed by atoms with van der Waals surface area (Å²) < 4.78 is 106. The van der Waals surface area contributed by atoms with Gasteiger partial charge in [0.15, 0.2) is 0 Å². The lowest BCUT2D eigenvalue weighted by Crippen LogP contribution is -2.31. The Morgan fingerprint density at radius 1 is 0.897 bits per heavy atom. The Balaban J connectivity index is 2.60. The van der Waals surface area contributed by atoms with Crippen LogP contribution in [0.1, 0.15) is 29.9 Å². The van der Waals surface area contributed by atoms with E-state index in [1.54, 1.807) is 0 Å². The molecule has 2 rings (SSSR count). The second-order valence-corrected chi connectivity index (χ2v) is 9.23. The lowest BCUT2D eigenvalue weighted by Gasteiger charge is -2.40. The average molecular weight is 447 g/mol. The van der Waals surface area contributed by atoms with Crippen molar-refractivity contribution >= 4 is 16.1 Å². The zero-order chi connectivity index (χ0) is 22.4. The molecule has 0 radical (unpaired) electrons. The van der Waals surface area contributed by atoms with Crippen molar-refractivity contribution in [2.24, 2.45) is 0 Å². The SMILES string of the molecule is C[C@@H](c1c(F)cc(F)cc1F)[C@H](C(=O)N(C)C)c1ccc(S(F)(F)(F)(F)F)cc1. The summed E-state index contributed by atoms with van der Waals surface area (Å²) in [4.78, 5) is 11.5. The van der Waals surface area contributed by atoms with E-state index in [-0.39, 0.29) is 17.7 Å². The topological polar surface area (TPSA) is 20.3 Å². The largest absolute Gasteiger partial charge is 0.348 e. The van der Waals surface area contributed by atoms with Crippen LogP contribution in [0.4, 0.5) is 32.6 Å². The van der Waals surface area contributed by atoms with Crippen LogP contribution >= 0.6 is 10.2 Å². The van der Waals surface area contributed by atoms with Gasteiger partial charge in [0.05, 0.1) is 5.92 Å². The standard InChI is InChI=1S/C18H17F8NOS/c1-10(17-14(20)8-12(19)9-15(17)21)16(18(28)27(2)3)11-4-6-13(7-5-11)29(22,23,24,25)26/h4-10,16H,1-3H3/t10-,16+/m1/s1. The average Bonchev–Trinajstić information content (AvgIpc) is 2.52. The zero-order valence-corrected chi connectivity index (χ0v) is 16.2. The molecule has 0 saturated carbocycles. The third-order valence-electron chi connectivity index (χ3n) is 4.39. The van der Waals surface area contributed by atoms with Crippen LogP contribution < -0.4 is 0 Å². The highest BCUT2D eigenvalue weighted by atomic mass is 32.5. The van der Waals surface area contributed by atoms with Gasteiger partial charge in [-0.3, -0.25) is 4.79 Å². The Kier molecular flexibility index (Phi) is 5.24. The molecule has 11 heteroatoms. The molecule has 29 heavy (non-hydrogen) atoms. The summed E-state index contributed by atoms with van der Waals surface area (Å²) in [6.45, 7) is 1.23. The Labute approximate surface area is 161 Å². The van der Waals surface area contributed by atoms with Crippen molar-refractivity contribution in [3.05, 3.63) is 65.0 Å². The fourth-order valence-corrected chi connectivity index (χ4v) is 3.66. The molecule has 0 saturated heterocycles. The van der Waals surface area contributed by atoms with Gasteiger partial charge in [0.2, 0.25) is 5.91 Å². The first-order chi connectivity index (χ1) is 12.9. The molecule has 2 aromatic rings. The van der Waals surface area contributed by atoms with E-state index in [1.165, 1.54) is 21.0 Å². The molecule has 0 N–H and O–H groups in total. The molecular weight excluding hydrogens is 430 g/mol. The highest BCUT2D eigenvalue weighted by molar-refractivity contribution is 8.45. The third kappa shape index (κ3) is 5.01. The van der Waals surface area contributed by atoms with Crippen LogP contribution in [0.2, 0.25) is 0 Å². The molecule has 2 atom stereocenters. The van der Waals surface area contributed by atoms with Crippen molar-refractivity contribution in [1.82, 2.24) is 4.90 Å². The van der Waals surface area contributed by atoms with Crippen LogP contribution in [0.25, 0.3) is 0 Å². The summed E-state index contributed by atoms with van der Waals surface area (Å²) in [7, 11) is -7.31. The maximum atomic E-state index is 14.2. The van der Waals surface area contributed by atoms with Gasteiger partial charge < -0.3 is 4.90 Å². The van der Waals surface area contributed by atoms with Gasteiger partial charge in [-0.1, -0.05) is 38.5 Å². The van der Waals surface area contributed by atoms with Gasteiger partial charge in [-0.25, -0.2) is 13.2 Å². The Hall–Kier alpha value is -2.30. The van der Waals surface area contributed by atoms with Gasteiger partial charge in [-0.15, -0.1) is 0 Å². The lowest BCUT2D eigenvalue weighted by atomic mass is 9.81. The van der Waals surface area contributed by atoms with Gasteiger partial charge in [-0.2, -0.15) is 0 Å². The number of carbonyl (C=O) groups is 1. The lowest BCUT2D eigenvalue weighted by molar-refractivity contribution is -0.130. The fourth-order valence-electron chi connectivity index (χ4n) is 3.01. The van der Waals surface area contributed by atoms with Crippen molar-refractivity contribution in [3.8, 4) is 0 Å². The molecule has 0 fully saturated rings. The number of likely N-dealkylation sites (N-methyl/N-ethyl adjacent to an activating group) is 1. The first kappa shape index (κ1) is 23.0. The monoisotopic (exact) mass is 447 g/mol. The van der Waals surface area contributed by atoms with Crippen LogP contribution in [-0.4, -0.2) is 24.9 Å². The van der Waals surface area contributed by atoms with E-state index >= 15 is 0 Å². The molecular formula is C18H17F8NOS. The van der Waals surface area contributed by atoms with Crippen molar-refractivity contribution in [2.75, 3.05) is 14.1 Å². The second-order valence-electron chi connectivity index (χ2n) is 6.82. The highest BCUT2D eigenvalue weighted by Crippen LogP contribution is 3.02. The van der Waals surface area contributed by atoms with E-state index in [4.69, 9.17) is 0 Å². The molecule has 0 aliphatic rings. The smallest absolute Gasteiger partial charge is 0.310 e. The molecule has 0 unspecified atom stereocenters. The first-order valence-corrected chi connectivity index (χ1v) is 10.1.